The maximum absolute atomic E-state index is 5.70. The standard InChI is InChI=1S/C24H26O2/c1-16-10-8-12-19(17(16)2)24(21-11-6-7-14-23(21)26-5)20-13-9-15-22(25-4)18(20)3/h6-15,24H,1-5H3. The third-order valence-electron chi connectivity index (χ3n) is 5.26. The minimum absolute atomic E-state index is 0.0844. The Morgan fingerprint density at radius 2 is 1.12 bits per heavy atom. The van der Waals surface area contributed by atoms with E-state index in [-0.39, 0.29) is 5.92 Å². The van der Waals surface area contributed by atoms with E-state index in [4.69, 9.17) is 9.47 Å². The Balaban J connectivity index is 2.32. The molecule has 2 nitrogen and oxygen atoms in total. The van der Waals surface area contributed by atoms with Gasteiger partial charge in [0.25, 0.3) is 0 Å². The molecule has 0 N–H and O–H groups in total. The average Bonchev–Trinajstić information content (AvgIpc) is 2.67. The summed E-state index contributed by atoms with van der Waals surface area (Å²) < 4.78 is 11.3. The molecule has 3 aromatic rings. The Hall–Kier alpha value is -2.74. The average molecular weight is 346 g/mol. The van der Waals surface area contributed by atoms with E-state index in [2.05, 4.69) is 63.2 Å². The Morgan fingerprint density at radius 1 is 0.577 bits per heavy atom. The number of ether oxygens (including phenoxy) is 2. The Morgan fingerprint density at radius 3 is 1.81 bits per heavy atom. The first-order valence-electron chi connectivity index (χ1n) is 8.91. The second kappa shape index (κ2) is 7.65. The second-order valence-electron chi connectivity index (χ2n) is 6.64. The van der Waals surface area contributed by atoms with E-state index < -0.39 is 0 Å². The van der Waals surface area contributed by atoms with Gasteiger partial charge in [0.2, 0.25) is 0 Å². The highest BCUT2D eigenvalue weighted by Crippen LogP contribution is 2.41. The summed E-state index contributed by atoms with van der Waals surface area (Å²) in [4.78, 5) is 0. The number of rotatable bonds is 5. The van der Waals surface area contributed by atoms with Gasteiger partial charge in [0, 0.05) is 11.5 Å². The quantitative estimate of drug-likeness (QED) is 0.543. The number of hydrogen-bond donors (Lipinski definition) is 0. The molecule has 0 radical (unpaired) electrons. The summed E-state index contributed by atoms with van der Waals surface area (Å²) in [6.07, 6.45) is 0. The lowest BCUT2D eigenvalue weighted by molar-refractivity contribution is 0.407. The van der Waals surface area contributed by atoms with Crippen LogP contribution in [0, 0.1) is 20.8 Å². The van der Waals surface area contributed by atoms with Crippen molar-refractivity contribution in [3.05, 3.63) is 94.0 Å². The lowest BCUT2D eigenvalue weighted by Gasteiger charge is -2.25. The second-order valence-corrected chi connectivity index (χ2v) is 6.64. The summed E-state index contributed by atoms with van der Waals surface area (Å²) in [5.41, 5.74) is 7.47. The van der Waals surface area contributed by atoms with Gasteiger partial charge in [0.1, 0.15) is 11.5 Å². The molecule has 0 spiro atoms. The fraction of sp³-hybridized carbons (Fsp3) is 0.250. The normalized spacial score (nSPS) is 11.9. The predicted molar refractivity (Wildman–Crippen MR) is 108 cm³/mol. The monoisotopic (exact) mass is 346 g/mol. The van der Waals surface area contributed by atoms with Crippen LogP contribution in [0.25, 0.3) is 0 Å². The molecule has 0 aliphatic carbocycles. The van der Waals surface area contributed by atoms with Crippen molar-refractivity contribution < 1.29 is 9.47 Å². The topological polar surface area (TPSA) is 18.5 Å². The molecule has 2 heteroatoms. The van der Waals surface area contributed by atoms with E-state index in [0.717, 1.165) is 17.1 Å². The van der Waals surface area contributed by atoms with E-state index in [0.29, 0.717) is 0 Å². The van der Waals surface area contributed by atoms with Crippen LogP contribution in [0.3, 0.4) is 0 Å². The molecule has 1 unspecified atom stereocenters. The van der Waals surface area contributed by atoms with Crippen molar-refractivity contribution in [3.63, 3.8) is 0 Å². The van der Waals surface area contributed by atoms with Gasteiger partial charge in [-0.3, -0.25) is 0 Å². The van der Waals surface area contributed by atoms with Crippen LogP contribution in [0.4, 0.5) is 0 Å². The van der Waals surface area contributed by atoms with Gasteiger partial charge in [-0.1, -0.05) is 48.5 Å². The molecular formula is C24H26O2. The number of methoxy groups -OCH3 is 2. The van der Waals surface area contributed by atoms with Crippen molar-refractivity contribution in [1.29, 1.82) is 0 Å². The lowest BCUT2D eigenvalue weighted by atomic mass is 9.80. The first-order valence-corrected chi connectivity index (χ1v) is 8.91. The van der Waals surface area contributed by atoms with E-state index in [1.165, 1.54) is 27.8 Å². The van der Waals surface area contributed by atoms with Gasteiger partial charge >= 0.3 is 0 Å². The maximum atomic E-state index is 5.70. The number of benzene rings is 3. The number of aryl methyl sites for hydroxylation is 1. The van der Waals surface area contributed by atoms with E-state index in [9.17, 15) is 0 Å². The van der Waals surface area contributed by atoms with Crippen molar-refractivity contribution in [2.24, 2.45) is 0 Å². The van der Waals surface area contributed by atoms with Gasteiger partial charge in [0.05, 0.1) is 14.2 Å². The summed E-state index contributed by atoms with van der Waals surface area (Å²) in [6, 6.07) is 21.1. The molecule has 0 amide bonds. The third kappa shape index (κ3) is 3.20. The first-order chi connectivity index (χ1) is 12.6. The summed E-state index contributed by atoms with van der Waals surface area (Å²) in [7, 11) is 3.46. The van der Waals surface area contributed by atoms with Crippen molar-refractivity contribution >= 4 is 0 Å². The van der Waals surface area contributed by atoms with Crippen molar-refractivity contribution in [2.75, 3.05) is 14.2 Å². The molecule has 0 aliphatic heterocycles. The zero-order chi connectivity index (χ0) is 18.7. The lowest BCUT2D eigenvalue weighted by Crippen LogP contribution is -2.10. The van der Waals surface area contributed by atoms with Gasteiger partial charge in [-0.25, -0.2) is 0 Å². The van der Waals surface area contributed by atoms with Crippen LogP contribution in [0.15, 0.2) is 60.7 Å². The first kappa shape index (κ1) is 18.1. The Kier molecular flexibility index (Phi) is 5.32. The van der Waals surface area contributed by atoms with Crippen molar-refractivity contribution in [2.45, 2.75) is 26.7 Å². The van der Waals surface area contributed by atoms with Crippen LogP contribution in [-0.4, -0.2) is 14.2 Å². The smallest absolute Gasteiger partial charge is 0.123 e. The summed E-state index contributed by atoms with van der Waals surface area (Å²) in [5.74, 6) is 1.90. The van der Waals surface area contributed by atoms with Crippen LogP contribution in [-0.2, 0) is 0 Å². The van der Waals surface area contributed by atoms with Gasteiger partial charge in [-0.05, 0) is 60.7 Å². The molecule has 1 atom stereocenters. The zero-order valence-electron chi connectivity index (χ0n) is 16.2. The summed E-state index contributed by atoms with van der Waals surface area (Å²) in [6.45, 7) is 6.49. The summed E-state index contributed by atoms with van der Waals surface area (Å²) >= 11 is 0. The van der Waals surface area contributed by atoms with Gasteiger partial charge in [-0.15, -0.1) is 0 Å². The van der Waals surface area contributed by atoms with Crippen LogP contribution < -0.4 is 9.47 Å². The molecule has 0 heterocycles. The molecule has 0 aliphatic rings. The molecule has 26 heavy (non-hydrogen) atoms. The Labute approximate surface area is 156 Å². The molecule has 3 rings (SSSR count). The zero-order valence-corrected chi connectivity index (χ0v) is 16.2. The highest BCUT2D eigenvalue weighted by atomic mass is 16.5. The van der Waals surface area contributed by atoms with Gasteiger partial charge < -0.3 is 9.47 Å². The summed E-state index contributed by atoms with van der Waals surface area (Å²) in [5, 5.41) is 0. The van der Waals surface area contributed by atoms with Crippen LogP contribution >= 0.6 is 0 Å². The number of para-hydroxylation sites is 1. The molecule has 0 aromatic heterocycles. The van der Waals surface area contributed by atoms with Crippen molar-refractivity contribution in [1.82, 2.24) is 0 Å². The van der Waals surface area contributed by atoms with E-state index in [1.54, 1.807) is 14.2 Å². The molecule has 0 fully saturated rings. The predicted octanol–water partition coefficient (Wildman–Crippen LogP) is 5.81. The molecule has 3 aromatic carbocycles. The van der Waals surface area contributed by atoms with Crippen LogP contribution in [0.1, 0.15) is 39.3 Å². The van der Waals surface area contributed by atoms with Crippen molar-refractivity contribution in [3.8, 4) is 11.5 Å². The van der Waals surface area contributed by atoms with Gasteiger partial charge in [0.15, 0.2) is 0 Å². The maximum Gasteiger partial charge on any atom is 0.123 e. The van der Waals surface area contributed by atoms with E-state index in [1.807, 2.05) is 18.2 Å². The minimum atomic E-state index is 0.0844. The largest absolute Gasteiger partial charge is 0.496 e. The molecule has 0 saturated carbocycles. The van der Waals surface area contributed by atoms with Crippen LogP contribution in [0.2, 0.25) is 0 Å². The molecule has 0 saturated heterocycles. The minimum Gasteiger partial charge on any atom is -0.496 e. The molecular weight excluding hydrogens is 320 g/mol. The third-order valence-corrected chi connectivity index (χ3v) is 5.26. The fourth-order valence-corrected chi connectivity index (χ4v) is 3.66. The fourth-order valence-electron chi connectivity index (χ4n) is 3.66. The highest BCUT2D eigenvalue weighted by Gasteiger charge is 2.24. The van der Waals surface area contributed by atoms with Gasteiger partial charge in [-0.2, -0.15) is 0 Å². The van der Waals surface area contributed by atoms with Crippen LogP contribution in [0.5, 0.6) is 11.5 Å². The number of hydrogen-bond acceptors (Lipinski definition) is 2. The van der Waals surface area contributed by atoms with E-state index >= 15 is 0 Å². The Bertz CT molecular complexity index is 912. The SMILES string of the molecule is COc1ccccc1C(c1cccc(C)c1C)c1cccc(OC)c1C. The highest BCUT2D eigenvalue weighted by molar-refractivity contribution is 5.55. The molecule has 134 valence electrons. The molecule has 0 bridgehead atoms.